The molecule has 6 nitrogen and oxygen atoms in total. The van der Waals surface area contributed by atoms with Crippen molar-refractivity contribution in [3.63, 3.8) is 0 Å². The molecule has 2 aliphatic carbocycles. The van der Waals surface area contributed by atoms with Crippen molar-refractivity contribution in [3.05, 3.63) is 45.6 Å². The van der Waals surface area contributed by atoms with E-state index in [0.29, 0.717) is 22.0 Å². The molecule has 2 fully saturated rings. The molecule has 1 heterocycles. The average molecular weight is 462 g/mol. The van der Waals surface area contributed by atoms with Gasteiger partial charge >= 0.3 is 0 Å². The van der Waals surface area contributed by atoms with Crippen LogP contribution in [0.4, 0.5) is 11.8 Å². The standard InChI is InChI=1S/C23H29Cl2N5O/c1-13-12-26-23(29-21(13)30(2)3)28-16-7-5-15(6-8-16)27-22(31)18-11-17(18)14-4-9-19(24)20(25)10-14/h4,9-10,12,15-18H,5-8,11H2,1-3H3,(H,27,31)(H,26,28,29)/t15?,16?,17-,18+/m0/s1. The van der Waals surface area contributed by atoms with E-state index >= 15 is 0 Å². The molecular formula is C23H29Cl2N5O. The van der Waals surface area contributed by atoms with E-state index in [4.69, 9.17) is 23.2 Å². The Bertz CT molecular complexity index is 959. The summed E-state index contributed by atoms with van der Waals surface area (Å²) in [6.45, 7) is 2.01. The Morgan fingerprint density at radius 1 is 1.10 bits per heavy atom. The van der Waals surface area contributed by atoms with Gasteiger partial charge in [0.1, 0.15) is 5.82 Å². The van der Waals surface area contributed by atoms with E-state index in [2.05, 4.69) is 20.6 Å². The van der Waals surface area contributed by atoms with Crippen molar-refractivity contribution >= 4 is 40.9 Å². The molecule has 4 rings (SSSR count). The van der Waals surface area contributed by atoms with Gasteiger partial charge in [-0.1, -0.05) is 29.3 Å². The number of aromatic nitrogens is 2. The number of hydrogen-bond donors (Lipinski definition) is 2. The maximum atomic E-state index is 12.7. The van der Waals surface area contributed by atoms with Gasteiger partial charge in [0.05, 0.1) is 10.0 Å². The number of benzene rings is 1. The fourth-order valence-corrected chi connectivity index (χ4v) is 4.73. The van der Waals surface area contributed by atoms with Crippen molar-refractivity contribution in [1.29, 1.82) is 0 Å². The predicted molar refractivity (Wildman–Crippen MR) is 126 cm³/mol. The van der Waals surface area contributed by atoms with Gasteiger partial charge in [-0.2, -0.15) is 4.98 Å². The Morgan fingerprint density at radius 3 is 2.48 bits per heavy atom. The SMILES string of the molecule is Cc1cnc(NC2CCC(NC(=O)[C@@H]3C[C@H]3c3ccc(Cl)c(Cl)c3)CC2)nc1N(C)C. The number of aryl methyl sites for hydroxylation is 1. The molecule has 0 spiro atoms. The minimum absolute atomic E-state index is 0.0403. The molecule has 2 saturated carbocycles. The lowest BCUT2D eigenvalue weighted by atomic mass is 9.91. The molecule has 31 heavy (non-hydrogen) atoms. The van der Waals surface area contributed by atoms with Crippen LogP contribution in [0, 0.1) is 12.8 Å². The smallest absolute Gasteiger partial charge is 0.224 e. The number of anilines is 2. The predicted octanol–water partition coefficient (Wildman–Crippen LogP) is 4.80. The fraction of sp³-hybridized carbons (Fsp3) is 0.522. The van der Waals surface area contributed by atoms with Crippen LogP contribution in [0.3, 0.4) is 0 Å². The second kappa shape index (κ2) is 9.21. The maximum absolute atomic E-state index is 12.7. The van der Waals surface area contributed by atoms with Crippen LogP contribution in [0.1, 0.15) is 49.1 Å². The topological polar surface area (TPSA) is 70.1 Å². The summed E-state index contributed by atoms with van der Waals surface area (Å²) in [6, 6.07) is 6.22. The first-order chi connectivity index (χ1) is 14.8. The van der Waals surface area contributed by atoms with E-state index in [1.54, 1.807) is 6.07 Å². The van der Waals surface area contributed by atoms with E-state index in [1.807, 2.05) is 44.2 Å². The highest BCUT2D eigenvalue weighted by Gasteiger charge is 2.44. The Balaban J connectivity index is 1.25. The first-order valence-electron chi connectivity index (χ1n) is 10.8. The van der Waals surface area contributed by atoms with Crippen LogP contribution in [-0.2, 0) is 4.79 Å². The summed E-state index contributed by atoms with van der Waals surface area (Å²) in [6.07, 6.45) is 6.62. The van der Waals surface area contributed by atoms with Crippen LogP contribution < -0.4 is 15.5 Å². The minimum atomic E-state index is 0.0403. The van der Waals surface area contributed by atoms with Gasteiger partial charge < -0.3 is 15.5 Å². The van der Waals surface area contributed by atoms with Crippen LogP contribution in [0.5, 0.6) is 0 Å². The average Bonchev–Trinajstić information content (AvgIpc) is 3.54. The van der Waals surface area contributed by atoms with Gasteiger partial charge in [-0.05, 0) is 62.6 Å². The minimum Gasteiger partial charge on any atom is -0.362 e. The Hall–Kier alpha value is -2.05. The molecule has 1 amide bonds. The van der Waals surface area contributed by atoms with E-state index in [-0.39, 0.29) is 23.8 Å². The van der Waals surface area contributed by atoms with E-state index in [1.165, 1.54) is 0 Å². The summed E-state index contributed by atoms with van der Waals surface area (Å²) in [7, 11) is 3.97. The van der Waals surface area contributed by atoms with Gasteiger partial charge in [-0.3, -0.25) is 4.79 Å². The molecular weight excluding hydrogens is 433 g/mol. The molecule has 1 aromatic heterocycles. The molecule has 0 aliphatic heterocycles. The zero-order valence-electron chi connectivity index (χ0n) is 18.2. The molecule has 0 bridgehead atoms. The van der Waals surface area contributed by atoms with Crippen molar-refractivity contribution in [3.8, 4) is 0 Å². The molecule has 2 aromatic rings. The van der Waals surface area contributed by atoms with Gasteiger partial charge in [0.2, 0.25) is 11.9 Å². The fourth-order valence-electron chi connectivity index (χ4n) is 4.42. The van der Waals surface area contributed by atoms with Crippen molar-refractivity contribution in [2.45, 2.75) is 57.0 Å². The van der Waals surface area contributed by atoms with Gasteiger partial charge in [-0.25, -0.2) is 4.98 Å². The van der Waals surface area contributed by atoms with Crippen LogP contribution in [0.25, 0.3) is 0 Å². The molecule has 2 N–H and O–H groups in total. The Labute approximate surface area is 193 Å². The second-order valence-corrected chi connectivity index (χ2v) is 9.73. The zero-order chi connectivity index (χ0) is 22.1. The first kappa shape index (κ1) is 22.2. The molecule has 8 heteroatoms. The zero-order valence-corrected chi connectivity index (χ0v) is 19.7. The number of rotatable bonds is 6. The molecule has 0 radical (unpaired) electrons. The molecule has 1 aromatic carbocycles. The number of carbonyl (C=O) groups is 1. The maximum Gasteiger partial charge on any atom is 0.224 e. The van der Waals surface area contributed by atoms with E-state index in [0.717, 1.165) is 49.0 Å². The third-order valence-electron chi connectivity index (χ3n) is 6.27. The highest BCUT2D eigenvalue weighted by Crippen LogP contribution is 2.48. The van der Waals surface area contributed by atoms with Crippen molar-refractivity contribution < 1.29 is 4.79 Å². The number of halogens is 2. The number of nitrogens with zero attached hydrogens (tertiary/aromatic N) is 3. The Morgan fingerprint density at radius 2 is 1.81 bits per heavy atom. The van der Waals surface area contributed by atoms with Gasteiger partial charge in [0.15, 0.2) is 0 Å². The van der Waals surface area contributed by atoms with Gasteiger partial charge in [-0.15, -0.1) is 0 Å². The normalized spacial score (nSPS) is 25.1. The Kier molecular flexibility index (Phi) is 6.58. The largest absolute Gasteiger partial charge is 0.362 e. The van der Waals surface area contributed by atoms with E-state index < -0.39 is 0 Å². The molecule has 0 unspecified atom stereocenters. The van der Waals surface area contributed by atoms with Crippen LogP contribution in [0.15, 0.2) is 24.4 Å². The monoisotopic (exact) mass is 461 g/mol. The van der Waals surface area contributed by atoms with Crippen molar-refractivity contribution in [2.24, 2.45) is 5.92 Å². The summed E-state index contributed by atoms with van der Waals surface area (Å²) >= 11 is 12.1. The van der Waals surface area contributed by atoms with Gasteiger partial charge in [0, 0.05) is 43.9 Å². The number of hydrogen-bond acceptors (Lipinski definition) is 5. The lowest BCUT2D eigenvalue weighted by Gasteiger charge is -2.30. The second-order valence-electron chi connectivity index (χ2n) is 8.92. The highest BCUT2D eigenvalue weighted by molar-refractivity contribution is 6.42. The van der Waals surface area contributed by atoms with Gasteiger partial charge in [0.25, 0.3) is 0 Å². The third-order valence-corrected chi connectivity index (χ3v) is 7.01. The third kappa shape index (κ3) is 5.24. The highest BCUT2D eigenvalue weighted by atomic mass is 35.5. The lowest BCUT2D eigenvalue weighted by molar-refractivity contribution is -0.123. The molecule has 2 aliphatic rings. The summed E-state index contributed by atoms with van der Waals surface area (Å²) in [5, 5.41) is 7.82. The molecule has 2 atom stereocenters. The summed E-state index contributed by atoms with van der Waals surface area (Å²) in [5.41, 5.74) is 2.15. The van der Waals surface area contributed by atoms with Crippen molar-refractivity contribution in [1.82, 2.24) is 15.3 Å². The van der Waals surface area contributed by atoms with Crippen molar-refractivity contribution in [2.75, 3.05) is 24.3 Å². The number of amides is 1. The van der Waals surface area contributed by atoms with Crippen LogP contribution in [-0.4, -0.2) is 42.1 Å². The number of carbonyl (C=O) groups excluding carboxylic acids is 1. The lowest BCUT2D eigenvalue weighted by Crippen LogP contribution is -2.41. The molecule has 0 saturated heterocycles. The first-order valence-corrected chi connectivity index (χ1v) is 11.6. The van der Waals surface area contributed by atoms with E-state index in [9.17, 15) is 4.79 Å². The quantitative estimate of drug-likeness (QED) is 0.646. The summed E-state index contributed by atoms with van der Waals surface area (Å²) < 4.78 is 0. The number of nitrogens with one attached hydrogen (secondary N) is 2. The van der Waals surface area contributed by atoms with Crippen LogP contribution in [0.2, 0.25) is 10.0 Å². The van der Waals surface area contributed by atoms with Crippen LogP contribution >= 0.6 is 23.2 Å². The summed E-state index contributed by atoms with van der Waals surface area (Å²) in [5.74, 6) is 2.05. The molecule has 166 valence electrons. The summed E-state index contributed by atoms with van der Waals surface area (Å²) in [4.78, 5) is 23.8.